The molecule has 1 unspecified atom stereocenters. The summed E-state index contributed by atoms with van der Waals surface area (Å²) in [5, 5.41) is -0.0683. The molecular formula is C9H8S. The molecule has 0 aliphatic carbocycles. The van der Waals surface area contributed by atoms with Crippen LogP contribution in [-0.4, -0.2) is 0 Å². The van der Waals surface area contributed by atoms with Crippen LogP contribution >= 0.6 is 12.6 Å². The van der Waals surface area contributed by atoms with Crippen molar-refractivity contribution in [3.05, 3.63) is 35.9 Å². The first-order valence-electron chi connectivity index (χ1n) is 3.03. The fraction of sp³-hybridized carbons (Fsp3) is 0.111. The molecule has 1 heteroatoms. The highest BCUT2D eigenvalue weighted by molar-refractivity contribution is 7.80. The van der Waals surface area contributed by atoms with Crippen molar-refractivity contribution in [1.29, 1.82) is 0 Å². The fourth-order valence-corrected chi connectivity index (χ4v) is 0.904. The van der Waals surface area contributed by atoms with E-state index in [2.05, 4.69) is 18.5 Å². The lowest BCUT2D eigenvalue weighted by Crippen LogP contribution is -1.83. The Balaban J connectivity index is 2.88. The number of hydrogen-bond donors (Lipinski definition) is 1. The molecule has 0 aromatic heterocycles. The smallest absolute Gasteiger partial charge is 0.0874 e. The average Bonchev–Trinajstić information content (AvgIpc) is 2.05. The van der Waals surface area contributed by atoms with Crippen LogP contribution in [0.1, 0.15) is 10.8 Å². The topological polar surface area (TPSA) is 0 Å². The molecule has 0 aliphatic heterocycles. The third-order valence-corrected chi connectivity index (χ3v) is 1.72. The van der Waals surface area contributed by atoms with Crippen molar-refractivity contribution >= 4 is 12.6 Å². The molecule has 0 heterocycles. The van der Waals surface area contributed by atoms with Gasteiger partial charge in [0.1, 0.15) is 0 Å². The lowest BCUT2D eigenvalue weighted by Gasteiger charge is -2.00. The molecule has 1 aromatic rings. The highest BCUT2D eigenvalue weighted by Crippen LogP contribution is 2.16. The molecule has 0 fully saturated rings. The van der Waals surface area contributed by atoms with E-state index in [0.29, 0.717) is 0 Å². The van der Waals surface area contributed by atoms with E-state index in [0.717, 1.165) is 5.56 Å². The number of benzene rings is 1. The molecular weight excluding hydrogens is 140 g/mol. The van der Waals surface area contributed by atoms with Crippen LogP contribution < -0.4 is 0 Å². The van der Waals surface area contributed by atoms with Gasteiger partial charge < -0.3 is 0 Å². The lowest BCUT2D eigenvalue weighted by molar-refractivity contribution is 1.29. The Bertz CT molecular complexity index is 233. The van der Waals surface area contributed by atoms with Gasteiger partial charge >= 0.3 is 0 Å². The lowest BCUT2D eigenvalue weighted by atomic mass is 10.2. The third-order valence-electron chi connectivity index (χ3n) is 1.27. The summed E-state index contributed by atoms with van der Waals surface area (Å²) in [6.45, 7) is 0. The van der Waals surface area contributed by atoms with Crippen molar-refractivity contribution in [3.63, 3.8) is 0 Å². The SMILES string of the molecule is C#CC(S)c1ccccc1. The van der Waals surface area contributed by atoms with E-state index in [9.17, 15) is 0 Å². The summed E-state index contributed by atoms with van der Waals surface area (Å²) in [5.74, 6) is 2.55. The first-order chi connectivity index (χ1) is 4.84. The zero-order valence-electron chi connectivity index (χ0n) is 5.49. The number of rotatable bonds is 1. The minimum Gasteiger partial charge on any atom is -0.158 e. The predicted octanol–water partition coefficient (Wildman–Crippen LogP) is 2.29. The van der Waals surface area contributed by atoms with Gasteiger partial charge in [-0.15, -0.1) is 6.42 Å². The van der Waals surface area contributed by atoms with Gasteiger partial charge in [0.05, 0.1) is 5.25 Å². The first-order valence-corrected chi connectivity index (χ1v) is 3.55. The highest BCUT2D eigenvalue weighted by Gasteiger charge is 1.97. The van der Waals surface area contributed by atoms with Crippen molar-refractivity contribution in [2.75, 3.05) is 0 Å². The number of terminal acetylenes is 1. The number of thiol groups is 1. The van der Waals surface area contributed by atoms with Gasteiger partial charge in [0.25, 0.3) is 0 Å². The molecule has 10 heavy (non-hydrogen) atoms. The average molecular weight is 148 g/mol. The molecule has 0 amide bonds. The van der Waals surface area contributed by atoms with Crippen LogP contribution in [0.25, 0.3) is 0 Å². The molecule has 0 aliphatic rings. The molecule has 0 spiro atoms. The van der Waals surface area contributed by atoms with Crippen LogP contribution in [0.3, 0.4) is 0 Å². The zero-order valence-corrected chi connectivity index (χ0v) is 6.38. The van der Waals surface area contributed by atoms with E-state index >= 15 is 0 Å². The van der Waals surface area contributed by atoms with Crippen LogP contribution in [0.15, 0.2) is 30.3 Å². The standard InChI is InChI=1S/C9H8S/c1-2-9(10)8-6-4-3-5-7-8/h1,3-7,9-10H. The van der Waals surface area contributed by atoms with Gasteiger partial charge in [0, 0.05) is 0 Å². The van der Waals surface area contributed by atoms with E-state index < -0.39 is 0 Å². The van der Waals surface area contributed by atoms with E-state index in [1.165, 1.54) is 0 Å². The number of hydrogen-bond acceptors (Lipinski definition) is 1. The van der Waals surface area contributed by atoms with E-state index in [-0.39, 0.29) is 5.25 Å². The van der Waals surface area contributed by atoms with Gasteiger partial charge in [0.15, 0.2) is 0 Å². The maximum absolute atomic E-state index is 5.18. The summed E-state index contributed by atoms with van der Waals surface area (Å²) in [4.78, 5) is 0. The predicted molar refractivity (Wildman–Crippen MR) is 47.0 cm³/mol. The van der Waals surface area contributed by atoms with Crippen molar-refractivity contribution in [3.8, 4) is 12.3 Å². The quantitative estimate of drug-likeness (QED) is 0.458. The zero-order chi connectivity index (χ0) is 7.40. The second-order valence-corrected chi connectivity index (χ2v) is 2.50. The Hall–Kier alpha value is -0.870. The monoisotopic (exact) mass is 148 g/mol. The van der Waals surface area contributed by atoms with Crippen LogP contribution in [0.5, 0.6) is 0 Å². The van der Waals surface area contributed by atoms with Gasteiger partial charge in [-0.05, 0) is 5.56 Å². The van der Waals surface area contributed by atoms with Gasteiger partial charge in [-0.25, -0.2) is 0 Å². The summed E-state index contributed by atoms with van der Waals surface area (Å²) in [5.41, 5.74) is 1.08. The maximum Gasteiger partial charge on any atom is 0.0874 e. The minimum atomic E-state index is -0.0683. The highest BCUT2D eigenvalue weighted by atomic mass is 32.1. The van der Waals surface area contributed by atoms with Crippen LogP contribution in [0.4, 0.5) is 0 Å². The Morgan fingerprint density at radius 3 is 2.40 bits per heavy atom. The van der Waals surface area contributed by atoms with E-state index in [4.69, 9.17) is 6.42 Å². The first kappa shape index (κ1) is 7.24. The summed E-state index contributed by atoms with van der Waals surface area (Å²) in [6, 6.07) is 9.81. The summed E-state index contributed by atoms with van der Waals surface area (Å²) in [6.07, 6.45) is 5.18. The van der Waals surface area contributed by atoms with Gasteiger partial charge in [-0.2, -0.15) is 12.6 Å². The van der Waals surface area contributed by atoms with E-state index in [1.54, 1.807) is 0 Å². The molecule has 1 atom stereocenters. The molecule has 0 saturated heterocycles. The van der Waals surface area contributed by atoms with Gasteiger partial charge in [0.2, 0.25) is 0 Å². The summed E-state index contributed by atoms with van der Waals surface area (Å²) >= 11 is 4.18. The van der Waals surface area contributed by atoms with Crippen molar-refractivity contribution in [2.24, 2.45) is 0 Å². The van der Waals surface area contributed by atoms with Crippen LogP contribution in [0.2, 0.25) is 0 Å². The Morgan fingerprint density at radius 1 is 1.30 bits per heavy atom. The molecule has 1 rings (SSSR count). The van der Waals surface area contributed by atoms with E-state index in [1.807, 2.05) is 30.3 Å². The maximum atomic E-state index is 5.18. The van der Waals surface area contributed by atoms with Crippen LogP contribution in [-0.2, 0) is 0 Å². The van der Waals surface area contributed by atoms with Gasteiger partial charge in [-0.3, -0.25) is 0 Å². The van der Waals surface area contributed by atoms with Gasteiger partial charge in [-0.1, -0.05) is 36.3 Å². The molecule has 0 N–H and O–H groups in total. The second kappa shape index (κ2) is 3.34. The largest absolute Gasteiger partial charge is 0.158 e. The second-order valence-electron chi connectivity index (χ2n) is 1.98. The molecule has 0 nitrogen and oxygen atoms in total. The summed E-state index contributed by atoms with van der Waals surface area (Å²) in [7, 11) is 0. The summed E-state index contributed by atoms with van der Waals surface area (Å²) < 4.78 is 0. The third kappa shape index (κ3) is 1.55. The normalized spacial score (nSPS) is 12.0. The Morgan fingerprint density at radius 2 is 1.90 bits per heavy atom. The molecule has 0 bridgehead atoms. The molecule has 50 valence electrons. The Labute approximate surface area is 66.7 Å². The van der Waals surface area contributed by atoms with Crippen molar-refractivity contribution < 1.29 is 0 Å². The molecule has 0 radical (unpaired) electrons. The van der Waals surface area contributed by atoms with Crippen molar-refractivity contribution in [1.82, 2.24) is 0 Å². The Kier molecular flexibility index (Phi) is 2.42. The molecule has 1 aromatic carbocycles. The minimum absolute atomic E-state index is 0.0683. The molecule has 0 saturated carbocycles. The van der Waals surface area contributed by atoms with Crippen molar-refractivity contribution in [2.45, 2.75) is 5.25 Å². The van der Waals surface area contributed by atoms with Crippen LogP contribution in [0, 0.1) is 12.3 Å². The fourth-order valence-electron chi connectivity index (χ4n) is 0.732.